The monoisotopic (exact) mass is 234 g/mol. The highest BCUT2D eigenvalue weighted by Crippen LogP contribution is 2.29. The van der Waals surface area contributed by atoms with Crippen LogP contribution in [0.5, 0.6) is 5.75 Å². The Balaban J connectivity index is 2.20. The van der Waals surface area contributed by atoms with E-state index < -0.39 is 0 Å². The van der Waals surface area contributed by atoms with E-state index in [0.717, 1.165) is 10.8 Å². The largest absolute Gasteiger partial charge is 0.494 e. The molecule has 4 heteroatoms. The number of hydrazine groups is 1. The molecule has 16 heavy (non-hydrogen) atoms. The minimum Gasteiger partial charge on any atom is -0.494 e. The van der Waals surface area contributed by atoms with Crippen molar-refractivity contribution < 1.29 is 4.74 Å². The fraction of sp³-hybridized carbons (Fsp3) is 0.167. The zero-order valence-electron chi connectivity index (χ0n) is 9.07. The SMILES string of the molecule is CCOc1ccc(-c2csc(NN)c2)cc1. The van der Waals surface area contributed by atoms with Crippen molar-refractivity contribution in [2.24, 2.45) is 5.84 Å². The van der Waals surface area contributed by atoms with E-state index >= 15 is 0 Å². The average molecular weight is 234 g/mol. The van der Waals surface area contributed by atoms with Gasteiger partial charge in [0, 0.05) is 5.38 Å². The van der Waals surface area contributed by atoms with Gasteiger partial charge in [-0.3, -0.25) is 0 Å². The molecular formula is C12H14N2OS. The van der Waals surface area contributed by atoms with Crippen LogP contribution in [0.15, 0.2) is 35.7 Å². The molecule has 1 aromatic carbocycles. The molecule has 0 unspecified atom stereocenters. The van der Waals surface area contributed by atoms with Crippen LogP contribution in [0.25, 0.3) is 11.1 Å². The Morgan fingerprint density at radius 1 is 1.25 bits per heavy atom. The number of rotatable bonds is 4. The van der Waals surface area contributed by atoms with Crippen LogP contribution >= 0.6 is 11.3 Å². The highest BCUT2D eigenvalue weighted by atomic mass is 32.1. The number of hydrogen-bond donors (Lipinski definition) is 2. The molecule has 0 bridgehead atoms. The van der Waals surface area contributed by atoms with Gasteiger partial charge >= 0.3 is 0 Å². The van der Waals surface area contributed by atoms with Crippen molar-refractivity contribution in [1.29, 1.82) is 0 Å². The molecule has 84 valence electrons. The fourth-order valence-corrected chi connectivity index (χ4v) is 2.19. The van der Waals surface area contributed by atoms with Gasteiger partial charge in [0.05, 0.1) is 6.61 Å². The van der Waals surface area contributed by atoms with Gasteiger partial charge in [0.15, 0.2) is 0 Å². The number of nitrogens with one attached hydrogen (secondary N) is 1. The third kappa shape index (κ3) is 2.35. The summed E-state index contributed by atoms with van der Waals surface area (Å²) >= 11 is 1.59. The maximum absolute atomic E-state index is 5.39. The van der Waals surface area contributed by atoms with Crippen molar-refractivity contribution in [2.45, 2.75) is 6.92 Å². The molecule has 0 aliphatic rings. The molecule has 2 aromatic rings. The van der Waals surface area contributed by atoms with E-state index in [1.54, 1.807) is 11.3 Å². The van der Waals surface area contributed by atoms with Crippen LogP contribution in [-0.2, 0) is 0 Å². The zero-order chi connectivity index (χ0) is 11.4. The second-order valence-corrected chi connectivity index (χ2v) is 4.21. The lowest BCUT2D eigenvalue weighted by Crippen LogP contribution is -2.04. The number of nitrogens with two attached hydrogens (primary N) is 1. The second-order valence-electron chi connectivity index (χ2n) is 3.30. The van der Waals surface area contributed by atoms with Crippen LogP contribution in [0.2, 0.25) is 0 Å². The van der Waals surface area contributed by atoms with Crippen LogP contribution in [-0.4, -0.2) is 6.61 Å². The number of nitrogen functional groups attached to an aromatic ring is 1. The first kappa shape index (κ1) is 11.0. The molecule has 0 saturated heterocycles. The Morgan fingerprint density at radius 2 is 2.00 bits per heavy atom. The van der Waals surface area contributed by atoms with Crippen LogP contribution in [0.4, 0.5) is 5.00 Å². The van der Waals surface area contributed by atoms with Crippen molar-refractivity contribution in [3.05, 3.63) is 35.7 Å². The summed E-state index contributed by atoms with van der Waals surface area (Å²) in [5, 5.41) is 3.04. The number of thiophene rings is 1. The van der Waals surface area contributed by atoms with Crippen molar-refractivity contribution in [1.82, 2.24) is 0 Å². The highest BCUT2D eigenvalue weighted by molar-refractivity contribution is 7.14. The zero-order valence-corrected chi connectivity index (χ0v) is 9.88. The van der Waals surface area contributed by atoms with Crippen molar-refractivity contribution in [3.63, 3.8) is 0 Å². The third-order valence-corrected chi connectivity index (χ3v) is 3.10. The molecule has 1 heterocycles. The lowest BCUT2D eigenvalue weighted by molar-refractivity contribution is 0.340. The summed E-state index contributed by atoms with van der Waals surface area (Å²) in [5.41, 5.74) is 4.98. The first-order chi connectivity index (χ1) is 7.83. The number of benzene rings is 1. The van der Waals surface area contributed by atoms with Gasteiger partial charge in [-0.1, -0.05) is 12.1 Å². The normalized spacial score (nSPS) is 10.1. The molecule has 3 N–H and O–H groups in total. The van der Waals surface area contributed by atoms with Gasteiger partial charge in [-0.05, 0) is 36.2 Å². The minimum absolute atomic E-state index is 0.693. The van der Waals surface area contributed by atoms with Gasteiger partial charge in [0.2, 0.25) is 0 Å². The molecule has 1 aromatic heterocycles. The van der Waals surface area contributed by atoms with Crippen LogP contribution in [0, 0.1) is 0 Å². The summed E-state index contributed by atoms with van der Waals surface area (Å²) in [5.74, 6) is 6.25. The first-order valence-corrected chi connectivity index (χ1v) is 6.00. The van der Waals surface area contributed by atoms with E-state index in [9.17, 15) is 0 Å². The molecule has 0 spiro atoms. The third-order valence-electron chi connectivity index (χ3n) is 2.24. The summed E-state index contributed by atoms with van der Waals surface area (Å²) in [6.45, 7) is 2.67. The molecule has 0 saturated carbocycles. The molecule has 0 radical (unpaired) electrons. The first-order valence-electron chi connectivity index (χ1n) is 5.12. The second kappa shape index (κ2) is 5.01. The number of hydrogen-bond acceptors (Lipinski definition) is 4. The van der Waals surface area contributed by atoms with Gasteiger partial charge in [0.1, 0.15) is 10.8 Å². The topological polar surface area (TPSA) is 47.3 Å². The van der Waals surface area contributed by atoms with Gasteiger partial charge in [-0.2, -0.15) is 0 Å². The Kier molecular flexibility index (Phi) is 3.44. The molecule has 2 rings (SSSR count). The molecule has 0 atom stereocenters. The molecule has 0 fully saturated rings. The smallest absolute Gasteiger partial charge is 0.119 e. The highest BCUT2D eigenvalue weighted by Gasteiger charge is 2.01. The van der Waals surface area contributed by atoms with Crippen molar-refractivity contribution in [2.75, 3.05) is 12.0 Å². The standard InChI is InChI=1S/C12H14N2OS/c1-2-15-11-5-3-9(4-6-11)10-7-12(14-13)16-8-10/h3-8,14H,2,13H2,1H3. The number of anilines is 1. The lowest BCUT2D eigenvalue weighted by Gasteiger charge is -2.03. The Hall–Kier alpha value is -1.52. The predicted molar refractivity (Wildman–Crippen MR) is 68.7 cm³/mol. The summed E-state index contributed by atoms with van der Waals surface area (Å²) in [6, 6.07) is 10.1. The Labute approximate surface area is 98.8 Å². The van der Waals surface area contributed by atoms with Gasteiger partial charge in [-0.25, -0.2) is 5.84 Å². The average Bonchev–Trinajstić information content (AvgIpc) is 2.79. The molecule has 0 amide bonds. The van der Waals surface area contributed by atoms with Crippen LogP contribution < -0.4 is 16.0 Å². The lowest BCUT2D eigenvalue weighted by atomic mass is 10.1. The fourth-order valence-electron chi connectivity index (χ4n) is 1.47. The summed E-state index contributed by atoms with van der Waals surface area (Å²) < 4.78 is 5.39. The summed E-state index contributed by atoms with van der Waals surface area (Å²) in [7, 11) is 0. The quantitative estimate of drug-likeness (QED) is 0.631. The molecule has 0 aliphatic heterocycles. The maximum Gasteiger partial charge on any atom is 0.119 e. The van der Waals surface area contributed by atoms with Crippen LogP contribution in [0.3, 0.4) is 0 Å². The minimum atomic E-state index is 0.693. The van der Waals surface area contributed by atoms with E-state index in [1.165, 1.54) is 11.1 Å². The van der Waals surface area contributed by atoms with Crippen LogP contribution in [0.1, 0.15) is 6.92 Å². The summed E-state index contributed by atoms with van der Waals surface area (Å²) in [4.78, 5) is 0. The number of ether oxygens (including phenoxy) is 1. The summed E-state index contributed by atoms with van der Waals surface area (Å²) in [6.07, 6.45) is 0. The predicted octanol–water partition coefficient (Wildman–Crippen LogP) is 3.10. The van der Waals surface area contributed by atoms with E-state index in [4.69, 9.17) is 10.6 Å². The van der Waals surface area contributed by atoms with Gasteiger partial charge < -0.3 is 10.2 Å². The Morgan fingerprint density at radius 3 is 2.56 bits per heavy atom. The van der Waals surface area contributed by atoms with E-state index in [0.29, 0.717) is 6.61 Å². The van der Waals surface area contributed by atoms with E-state index in [2.05, 4.69) is 10.8 Å². The van der Waals surface area contributed by atoms with Gasteiger partial charge in [0.25, 0.3) is 0 Å². The van der Waals surface area contributed by atoms with Crippen molar-refractivity contribution >= 4 is 16.3 Å². The van der Waals surface area contributed by atoms with E-state index in [1.807, 2.05) is 37.3 Å². The molecule has 3 nitrogen and oxygen atoms in total. The molecule has 0 aliphatic carbocycles. The van der Waals surface area contributed by atoms with Crippen molar-refractivity contribution in [3.8, 4) is 16.9 Å². The van der Waals surface area contributed by atoms with E-state index in [-0.39, 0.29) is 0 Å². The maximum atomic E-state index is 5.39. The van der Waals surface area contributed by atoms with Gasteiger partial charge in [-0.15, -0.1) is 11.3 Å². The Bertz CT molecular complexity index is 450. The molecular weight excluding hydrogens is 220 g/mol.